The molecule has 6 nitrogen and oxygen atoms in total. The summed E-state index contributed by atoms with van der Waals surface area (Å²) in [6.07, 6.45) is -1.66. The number of nitrogens with one attached hydrogen (secondary N) is 2. The maximum Gasteiger partial charge on any atom is 0.405 e. The predicted molar refractivity (Wildman–Crippen MR) is 96.3 cm³/mol. The van der Waals surface area contributed by atoms with Crippen molar-refractivity contribution in [2.45, 2.75) is 6.18 Å². The fourth-order valence-electron chi connectivity index (χ4n) is 2.42. The lowest BCUT2D eigenvalue weighted by Crippen LogP contribution is -2.34. The SMILES string of the molecule is O=C(Nc1ccccc1C(=O)NCC(F)(F)F)c1cnn(-c2ccccc2)c1. The molecule has 0 bridgehead atoms. The summed E-state index contributed by atoms with van der Waals surface area (Å²) in [6, 6.07) is 14.9. The Bertz CT molecular complexity index is 984. The Kier molecular flexibility index (Phi) is 5.44. The predicted octanol–water partition coefficient (Wildman–Crippen LogP) is 3.42. The van der Waals surface area contributed by atoms with Gasteiger partial charge in [0.05, 0.1) is 28.7 Å². The first kappa shape index (κ1) is 19.2. The van der Waals surface area contributed by atoms with Gasteiger partial charge in [0.1, 0.15) is 6.54 Å². The number of rotatable bonds is 5. The first-order valence-corrected chi connectivity index (χ1v) is 8.19. The highest BCUT2D eigenvalue weighted by molar-refractivity contribution is 6.08. The fraction of sp³-hybridized carbons (Fsp3) is 0.105. The van der Waals surface area contributed by atoms with Crippen molar-refractivity contribution < 1.29 is 22.8 Å². The molecule has 0 atom stereocenters. The highest BCUT2D eigenvalue weighted by Crippen LogP contribution is 2.18. The van der Waals surface area contributed by atoms with Crippen LogP contribution >= 0.6 is 0 Å². The zero-order valence-corrected chi connectivity index (χ0v) is 14.4. The molecule has 2 aromatic carbocycles. The van der Waals surface area contributed by atoms with Gasteiger partial charge in [0.25, 0.3) is 11.8 Å². The van der Waals surface area contributed by atoms with Gasteiger partial charge in [-0.2, -0.15) is 18.3 Å². The van der Waals surface area contributed by atoms with Crippen LogP contribution in [0.5, 0.6) is 0 Å². The lowest BCUT2D eigenvalue weighted by Gasteiger charge is -2.12. The number of hydrogen-bond donors (Lipinski definition) is 2. The van der Waals surface area contributed by atoms with Crippen LogP contribution in [0.25, 0.3) is 5.69 Å². The third kappa shape index (κ3) is 4.76. The van der Waals surface area contributed by atoms with E-state index in [-0.39, 0.29) is 16.8 Å². The molecule has 28 heavy (non-hydrogen) atoms. The molecule has 1 aromatic heterocycles. The number of carbonyl (C=O) groups is 2. The van der Waals surface area contributed by atoms with Crippen LogP contribution in [-0.4, -0.2) is 34.3 Å². The monoisotopic (exact) mass is 388 g/mol. The van der Waals surface area contributed by atoms with E-state index in [4.69, 9.17) is 0 Å². The summed E-state index contributed by atoms with van der Waals surface area (Å²) in [6.45, 7) is -1.46. The van der Waals surface area contributed by atoms with Crippen LogP contribution in [0.4, 0.5) is 18.9 Å². The van der Waals surface area contributed by atoms with Crippen molar-refractivity contribution in [1.29, 1.82) is 0 Å². The molecule has 0 radical (unpaired) electrons. The van der Waals surface area contributed by atoms with Gasteiger partial charge < -0.3 is 10.6 Å². The Morgan fingerprint density at radius 1 is 0.964 bits per heavy atom. The number of alkyl halides is 3. The number of anilines is 1. The molecule has 0 fully saturated rings. The van der Waals surface area contributed by atoms with Crippen molar-refractivity contribution in [2.75, 3.05) is 11.9 Å². The maximum atomic E-state index is 12.5. The average Bonchev–Trinajstić information content (AvgIpc) is 3.17. The second-order valence-electron chi connectivity index (χ2n) is 5.81. The minimum atomic E-state index is -4.53. The minimum absolute atomic E-state index is 0.0736. The molecule has 0 aliphatic carbocycles. The number of aromatic nitrogens is 2. The van der Waals surface area contributed by atoms with Gasteiger partial charge in [0.15, 0.2) is 0 Å². The lowest BCUT2D eigenvalue weighted by molar-refractivity contribution is -0.123. The standard InChI is InChI=1S/C19H15F3N4O2/c20-19(21,22)12-23-18(28)15-8-4-5-9-16(15)25-17(27)13-10-24-26(11-13)14-6-2-1-3-7-14/h1-11H,12H2,(H,23,28)(H,25,27). The van der Waals surface area contributed by atoms with Crippen molar-refractivity contribution in [3.8, 4) is 5.69 Å². The van der Waals surface area contributed by atoms with Crippen LogP contribution in [0.3, 0.4) is 0 Å². The van der Waals surface area contributed by atoms with E-state index in [2.05, 4.69) is 10.4 Å². The van der Waals surface area contributed by atoms with E-state index in [1.54, 1.807) is 11.4 Å². The summed E-state index contributed by atoms with van der Waals surface area (Å²) in [5.74, 6) is -1.48. The number of halogens is 3. The molecule has 3 aromatic rings. The summed E-state index contributed by atoms with van der Waals surface area (Å²) in [7, 11) is 0. The summed E-state index contributed by atoms with van der Waals surface area (Å²) < 4.78 is 38.4. The van der Waals surface area contributed by atoms with Gasteiger partial charge in [-0.25, -0.2) is 4.68 Å². The summed E-state index contributed by atoms with van der Waals surface area (Å²) >= 11 is 0. The van der Waals surface area contributed by atoms with Gasteiger partial charge >= 0.3 is 6.18 Å². The van der Waals surface area contributed by atoms with Crippen molar-refractivity contribution in [1.82, 2.24) is 15.1 Å². The molecule has 9 heteroatoms. The second-order valence-corrected chi connectivity index (χ2v) is 5.81. The molecule has 0 saturated heterocycles. The quantitative estimate of drug-likeness (QED) is 0.703. The number of amides is 2. The Hall–Kier alpha value is -3.62. The van der Waals surface area contributed by atoms with Gasteiger partial charge in [0, 0.05) is 6.20 Å². The normalized spacial score (nSPS) is 11.1. The highest BCUT2D eigenvalue weighted by Gasteiger charge is 2.28. The molecule has 0 saturated carbocycles. The Balaban J connectivity index is 1.75. The van der Waals surface area contributed by atoms with Crippen LogP contribution in [0.2, 0.25) is 0 Å². The minimum Gasteiger partial charge on any atom is -0.343 e. The van der Waals surface area contributed by atoms with Gasteiger partial charge in [-0.05, 0) is 24.3 Å². The third-order valence-electron chi connectivity index (χ3n) is 3.73. The number of hydrogen-bond acceptors (Lipinski definition) is 3. The van der Waals surface area contributed by atoms with Gasteiger partial charge in [-0.1, -0.05) is 30.3 Å². The highest BCUT2D eigenvalue weighted by atomic mass is 19.4. The third-order valence-corrected chi connectivity index (χ3v) is 3.73. The second kappa shape index (κ2) is 7.95. The Morgan fingerprint density at radius 2 is 1.64 bits per heavy atom. The molecule has 0 aliphatic rings. The van der Waals surface area contributed by atoms with Gasteiger partial charge in [-0.15, -0.1) is 0 Å². The van der Waals surface area contributed by atoms with E-state index in [0.29, 0.717) is 0 Å². The van der Waals surface area contributed by atoms with E-state index in [1.807, 2.05) is 30.3 Å². The summed E-state index contributed by atoms with van der Waals surface area (Å²) in [4.78, 5) is 24.5. The van der Waals surface area contributed by atoms with E-state index >= 15 is 0 Å². The number of nitrogens with zero attached hydrogens (tertiary/aromatic N) is 2. The molecule has 3 rings (SSSR count). The van der Waals surface area contributed by atoms with Crippen LogP contribution in [-0.2, 0) is 0 Å². The molecular formula is C19H15F3N4O2. The first-order valence-electron chi connectivity index (χ1n) is 8.19. The molecule has 1 heterocycles. The number of para-hydroxylation sites is 2. The molecule has 2 amide bonds. The molecular weight excluding hydrogens is 373 g/mol. The van der Waals surface area contributed by atoms with E-state index < -0.39 is 24.5 Å². The first-order chi connectivity index (χ1) is 13.3. The number of benzene rings is 2. The lowest BCUT2D eigenvalue weighted by atomic mass is 10.1. The zero-order valence-electron chi connectivity index (χ0n) is 14.4. The largest absolute Gasteiger partial charge is 0.405 e. The summed E-state index contributed by atoms with van der Waals surface area (Å²) in [5, 5.41) is 8.44. The van der Waals surface area contributed by atoms with Crippen LogP contribution in [0, 0.1) is 0 Å². The maximum absolute atomic E-state index is 12.5. The molecule has 0 unspecified atom stereocenters. The van der Waals surface area contributed by atoms with E-state index in [1.165, 1.54) is 35.3 Å². The topological polar surface area (TPSA) is 76.0 Å². The van der Waals surface area contributed by atoms with E-state index in [9.17, 15) is 22.8 Å². The summed E-state index contributed by atoms with van der Waals surface area (Å²) in [5.41, 5.74) is 1.01. The van der Waals surface area contributed by atoms with E-state index in [0.717, 1.165) is 5.69 Å². The van der Waals surface area contributed by atoms with Crippen molar-refractivity contribution >= 4 is 17.5 Å². The average molecular weight is 388 g/mol. The Morgan fingerprint density at radius 3 is 2.36 bits per heavy atom. The number of carbonyl (C=O) groups excluding carboxylic acids is 2. The molecule has 2 N–H and O–H groups in total. The van der Waals surface area contributed by atoms with Crippen LogP contribution < -0.4 is 10.6 Å². The van der Waals surface area contributed by atoms with Gasteiger partial charge in [0.2, 0.25) is 0 Å². The molecule has 0 spiro atoms. The van der Waals surface area contributed by atoms with Crippen molar-refractivity contribution in [2.24, 2.45) is 0 Å². The smallest absolute Gasteiger partial charge is 0.343 e. The van der Waals surface area contributed by atoms with Crippen molar-refractivity contribution in [3.05, 3.63) is 78.1 Å². The van der Waals surface area contributed by atoms with Gasteiger partial charge in [-0.3, -0.25) is 9.59 Å². The van der Waals surface area contributed by atoms with Crippen LogP contribution in [0.1, 0.15) is 20.7 Å². The molecule has 0 aliphatic heterocycles. The molecule has 144 valence electrons. The Labute approximate surface area is 158 Å². The van der Waals surface area contributed by atoms with Crippen LogP contribution in [0.15, 0.2) is 67.0 Å². The fourth-order valence-corrected chi connectivity index (χ4v) is 2.42. The van der Waals surface area contributed by atoms with Crippen molar-refractivity contribution in [3.63, 3.8) is 0 Å². The zero-order chi connectivity index (χ0) is 20.1.